The van der Waals surface area contributed by atoms with Crippen LogP contribution in [0, 0.1) is 6.92 Å². The van der Waals surface area contributed by atoms with Gasteiger partial charge in [0.05, 0.1) is 5.56 Å². The van der Waals surface area contributed by atoms with Gasteiger partial charge in [0, 0.05) is 19.6 Å². The molecule has 0 saturated carbocycles. The first-order valence-electron chi connectivity index (χ1n) is 6.87. The molecule has 1 fully saturated rings. The summed E-state index contributed by atoms with van der Waals surface area (Å²) in [5.74, 6) is -0.0236. The fourth-order valence-corrected chi connectivity index (χ4v) is 2.53. The Bertz CT molecular complexity index is 453. The van der Waals surface area contributed by atoms with Gasteiger partial charge < -0.3 is 15.3 Å². The molecule has 19 heavy (non-hydrogen) atoms. The minimum absolute atomic E-state index is 0.0935. The van der Waals surface area contributed by atoms with Gasteiger partial charge in [0.1, 0.15) is 5.75 Å². The van der Waals surface area contributed by atoms with E-state index in [4.69, 9.17) is 0 Å². The molecule has 4 nitrogen and oxygen atoms in total. The van der Waals surface area contributed by atoms with E-state index in [2.05, 4.69) is 5.32 Å². The van der Waals surface area contributed by atoms with Gasteiger partial charge >= 0.3 is 0 Å². The van der Waals surface area contributed by atoms with Crippen LogP contribution in [0.2, 0.25) is 0 Å². The summed E-state index contributed by atoms with van der Waals surface area (Å²) >= 11 is 0. The van der Waals surface area contributed by atoms with Crippen molar-refractivity contribution in [2.24, 2.45) is 0 Å². The molecule has 1 aliphatic rings. The largest absolute Gasteiger partial charge is 0.507 e. The Morgan fingerprint density at radius 1 is 1.47 bits per heavy atom. The number of nitrogens with one attached hydrogen (secondary N) is 1. The van der Waals surface area contributed by atoms with Crippen LogP contribution in [0.15, 0.2) is 18.2 Å². The molecule has 104 valence electrons. The van der Waals surface area contributed by atoms with Gasteiger partial charge in [-0.2, -0.15) is 0 Å². The lowest BCUT2D eigenvalue weighted by Gasteiger charge is -2.28. The lowest BCUT2D eigenvalue weighted by molar-refractivity contribution is 0.0772. The summed E-state index contributed by atoms with van der Waals surface area (Å²) in [6.07, 6.45) is 3.54. The number of nitrogens with zero attached hydrogens (tertiary/aromatic N) is 1. The van der Waals surface area contributed by atoms with Gasteiger partial charge in [-0.1, -0.05) is 18.6 Å². The average Bonchev–Trinajstić information content (AvgIpc) is 2.42. The van der Waals surface area contributed by atoms with Crippen LogP contribution in [-0.4, -0.2) is 42.1 Å². The molecule has 1 amide bonds. The minimum Gasteiger partial charge on any atom is -0.507 e. The maximum absolute atomic E-state index is 12.3. The summed E-state index contributed by atoms with van der Waals surface area (Å²) in [4.78, 5) is 14.0. The van der Waals surface area contributed by atoms with Crippen molar-refractivity contribution < 1.29 is 9.90 Å². The Kier molecular flexibility index (Phi) is 4.43. The van der Waals surface area contributed by atoms with E-state index in [0.717, 1.165) is 18.5 Å². The standard InChI is InChI=1S/C15H22N2O2/c1-11-6-5-8-13(14(11)18)15(19)17(2)10-12-7-3-4-9-16-12/h5-6,8,12,16,18H,3-4,7,9-10H2,1-2H3. The molecule has 0 spiro atoms. The van der Waals surface area contributed by atoms with E-state index in [-0.39, 0.29) is 11.7 Å². The van der Waals surface area contributed by atoms with Crippen molar-refractivity contribution in [2.45, 2.75) is 32.2 Å². The minimum atomic E-state index is -0.117. The zero-order valence-electron chi connectivity index (χ0n) is 11.6. The number of likely N-dealkylation sites (N-methyl/N-ethyl adjacent to an activating group) is 1. The van der Waals surface area contributed by atoms with Crippen LogP contribution in [-0.2, 0) is 0 Å². The van der Waals surface area contributed by atoms with E-state index < -0.39 is 0 Å². The van der Waals surface area contributed by atoms with Crippen molar-refractivity contribution in [1.82, 2.24) is 10.2 Å². The fourth-order valence-electron chi connectivity index (χ4n) is 2.53. The molecule has 4 heteroatoms. The second kappa shape index (κ2) is 6.06. The number of carbonyl (C=O) groups is 1. The van der Waals surface area contributed by atoms with Crippen molar-refractivity contribution in [1.29, 1.82) is 0 Å². The van der Waals surface area contributed by atoms with Crippen LogP contribution in [0.25, 0.3) is 0 Å². The number of phenols is 1. The predicted octanol–water partition coefficient (Wildman–Crippen LogP) is 1.91. The number of benzene rings is 1. The molecule has 1 saturated heterocycles. The topological polar surface area (TPSA) is 52.6 Å². The maximum Gasteiger partial charge on any atom is 0.257 e. The normalized spacial score (nSPS) is 19.2. The molecule has 0 aliphatic carbocycles. The number of hydrogen-bond acceptors (Lipinski definition) is 3. The van der Waals surface area contributed by atoms with Crippen molar-refractivity contribution in [2.75, 3.05) is 20.1 Å². The van der Waals surface area contributed by atoms with Gasteiger partial charge in [0.25, 0.3) is 5.91 Å². The number of aryl methyl sites for hydroxylation is 1. The SMILES string of the molecule is Cc1cccc(C(=O)N(C)CC2CCCCN2)c1O. The van der Waals surface area contributed by atoms with Crippen LogP contribution < -0.4 is 5.32 Å². The van der Waals surface area contributed by atoms with Gasteiger partial charge in [-0.05, 0) is 37.9 Å². The number of amides is 1. The summed E-state index contributed by atoms with van der Waals surface area (Å²) in [5.41, 5.74) is 1.12. The highest BCUT2D eigenvalue weighted by atomic mass is 16.3. The molecule has 2 rings (SSSR count). The van der Waals surface area contributed by atoms with Gasteiger partial charge in [0.15, 0.2) is 0 Å². The van der Waals surface area contributed by atoms with E-state index >= 15 is 0 Å². The first kappa shape index (κ1) is 13.9. The van der Waals surface area contributed by atoms with E-state index in [1.807, 2.05) is 0 Å². The molecular weight excluding hydrogens is 240 g/mol. The van der Waals surface area contributed by atoms with Crippen molar-refractivity contribution in [3.05, 3.63) is 29.3 Å². The van der Waals surface area contributed by atoms with Gasteiger partial charge in [-0.25, -0.2) is 0 Å². The Morgan fingerprint density at radius 2 is 2.26 bits per heavy atom. The summed E-state index contributed by atoms with van der Waals surface area (Å²) in [7, 11) is 1.79. The molecule has 0 bridgehead atoms. The first-order chi connectivity index (χ1) is 9.09. The molecule has 1 unspecified atom stereocenters. The molecule has 1 aromatic rings. The summed E-state index contributed by atoms with van der Waals surface area (Å²) in [6, 6.07) is 5.65. The average molecular weight is 262 g/mol. The van der Waals surface area contributed by atoms with Crippen LogP contribution in [0.5, 0.6) is 5.75 Å². The fraction of sp³-hybridized carbons (Fsp3) is 0.533. The summed E-state index contributed by atoms with van der Waals surface area (Å²) < 4.78 is 0. The third-order valence-corrected chi connectivity index (χ3v) is 3.72. The Labute approximate surface area is 114 Å². The predicted molar refractivity (Wildman–Crippen MR) is 75.4 cm³/mol. The zero-order valence-corrected chi connectivity index (χ0v) is 11.6. The number of rotatable bonds is 3. The van der Waals surface area contributed by atoms with Crippen LogP contribution >= 0.6 is 0 Å². The highest BCUT2D eigenvalue weighted by molar-refractivity contribution is 5.97. The Morgan fingerprint density at radius 3 is 2.95 bits per heavy atom. The molecule has 1 atom stereocenters. The molecule has 1 heterocycles. The van der Waals surface area contributed by atoms with Crippen molar-refractivity contribution in [3.8, 4) is 5.75 Å². The van der Waals surface area contributed by atoms with Crippen molar-refractivity contribution >= 4 is 5.91 Å². The number of phenolic OH excluding ortho intramolecular Hbond substituents is 1. The van der Waals surface area contributed by atoms with E-state index in [1.165, 1.54) is 12.8 Å². The number of carbonyl (C=O) groups excluding carboxylic acids is 1. The summed E-state index contributed by atoms with van der Waals surface area (Å²) in [5, 5.41) is 13.4. The monoisotopic (exact) mass is 262 g/mol. The molecule has 0 radical (unpaired) electrons. The quantitative estimate of drug-likeness (QED) is 0.875. The molecular formula is C15H22N2O2. The van der Waals surface area contributed by atoms with E-state index in [0.29, 0.717) is 18.2 Å². The third kappa shape index (κ3) is 3.26. The maximum atomic E-state index is 12.3. The molecule has 1 aromatic carbocycles. The van der Waals surface area contributed by atoms with Gasteiger partial charge in [0.2, 0.25) is 0 Å². The van der Waals surface area contributed by atoms with Gasteiger partial charge in [-0.3, -0.25) is 4.79 Å². The number of para-hydroxylation sites is 1. The van der Waals surface area contributed by atoms with Crippen molar-refractivity contribution in [3.63, 3.8) is 0 Å². The van der Waals surface area contributed by atoms with Crippen LogP contribution in [0.4, 0.5) is 0 Å². The highest BCUT2D eigenvalue weighted by Crippen LogP contribution is 2.22. The Balaban J connectivity index is 2.03. The van der Waals surface area contributed by atoms with E-state index in [9.17, 15) is 9.90 Å². The highest BCUT2D eigenvalue weighted by Gasteiger charge is 2.20. The number of hydrogen-bond donors (Lipinski definition) is 2. The molecule has 0 aromatic heterocycles. The van der Waals surface area contributed by atoms with Crippen LogP contribution in [0.3, 0.4) is 0 Å². The number of aromatic hydroxyl groups is 1. The lowest BCUT2D eigenvalue weighted by Crippen LogP contribution is -2.44. The summed E-state index contributed by atoms with van der Waals surface area (Å²) in [6.45, 7) is 3.52. The Hall–Kier alpha value is -1.55. The molecule has 1 aliphatic heterocycles. The number of piperidine rings is 1. The second-order valence-corrected chi connectivity index (χ2v) is 5.30. The van der Waals surface area contributed by atoms with Gasteiger partial charge in [-0.15, -0.1) is 0 Å². The first-order valence-corrected chi connectivity index (χ1v) is 6.87. The zero-order chi connectivity index (χ0) is 13.8. The smallest absolute Gasteiger partial charge is 0.257 e. The van der Waals surface area contributed by atoms with E-state index in [1.54, 1.807) is 37.1 Å². The lowest BCUT2D eigenvalue weighted by atomic mass is 10.0. The van der Waals surface area contributed by atoms with Crippen LogP contribution in [0.1, 0.15) is 35.2 Å². The molecule has 2 N–H and O–H groups in total. The third-order valence-electron chi connectivity index (χ3n) is 3.72. The second-order valence-electron chi connectivity index (χ2n) is 5.30.